The molecule has 1 N–H and O–H groups in total. The molecule has 5 rings (SSSR count). The molecule has 1 unspecified atom stereocenters. The number of nitrogens with one attached hydrogen (secondary N) is 1. The molecule has 5 aromatic rings. The molecule has 4 aromatic carbocycles. The molecule has 0 fully saturated rings. The Morgan fingerprint density at radius 1 is 0.875 bits per heavy atom. The average Bonchev–Trinajstić information content (AvgIpc) is 3.40. The number of sulfonamides is 1. The second-order valence-corrected chi connectivity index (χ2v) is 11.1. The smallest absolute Gasteiger partial charge is 0.264 e. The Morgan fingerprint density at radius 2 is 1.57 bits per heavy atom. The third kappa shape index (κ3) is 5.60. The Hall–Kier alpha value is -4.50. The van der Waals surface area contributed by atoms with E-state index in [2.05, 4.69) is 9.71 Å². The maximum absolute atomic E-state index is 13.5. The molecule has 1 atom stereocenters. The molecule has 0 aliphatic heterocycles. The first-order valence-electron chi connectivity index (χ1n) is 13.1. The summed E-state index contributed by atoms with van der Waals surface area (Å²) in [6.45, 7) is 4.40. The largest absolute Gasteiger partial charge is 0.436 e. The molecular weight excluding hydrogens is 526 g/mol. The van der Waals surface area contributed by atoms with Crippen molar-refractivity contribution in [1.82, 2.24) is 14.6 Å². The number of benzene rings is 4. The number of oxazole rings is 1. The number of carbonyl (C=O) groups excluding carboxylic acids is 2. The molecule has 0 aliphatic rings. The molecule has 204 valence electrons. The van der Waals surface area contributed by atoms with Crippen molar-refractivity contribution in [2.45, 2.75) is 25.2 Å². The Balaban J connectivity index is 1.43. The van der Waals surface area contributed by atoms with E-state index in [4.69, 9.17) is 4.42 Å². The van der Waals surface area contributed by atoms with Crippen molar-refractivity contribution in [3.63, 3.8) is 0 Å². The fraction of sp³-hybridized carbons (Fsp3) is 0.194. The van der Waals surface area contributed by atoms with Gasteiger partial charge in [0.25, 0.3) is 10.0 Å². The van der Waals surface area contributed by atoms with Gasteiger partial charge in [-0.3, -0.25) is 9.59 Å². The van der Waals surface area contributed by atoms with Crippen molar-refractivity contribution in [1.29, 1.82) is 0 Å². The van der Waals surface area contributed by atoms with Gasteiger partial charge < -0.3 is 9.32 Å². The second-order valence-electron chi connectivity index (χ2n) is 9.43. The predicted octanol–water partition coefficient (Wildman–Crippen LogP) is 5.18. The first-order valence-corrected chi connectivity index (χ1v) is 14.6. The van der Waals surface area contributed by atoms with Gasteiger partial charge in [-0.25, -0.2) is 18.1 Å². The Morgan fingerprint density at radius 3 is 2.30 bits per heavy atom. The summed E-state index contributed by atoms with van der Waals surface area (Å²) in [4.78, 5) is 32.9. The summed E-state index contributed by atoms with van der Waals surface area (Å²) >= 11 is 0. The number of aromatic nitrogens is 1. The minimum absolute atomic E-state index is 0.00822. The SMILES string of the molecule is CCN(CC)C(=O)C(Cc1ccc2nc(-c3ccccc3)oc2c1)C(=O)NS(=O)(=O)c1ccc2ccccc2c1. The normalized spacial score (nSPS) is 12.3. The highest BCUT2D eigenvalue weighted by molar-refractivity contribution is 7.90. The van der Waals surface area contributed by atoms with E-state index in [1.54, 1.807) is 30.3 Å². The van der Waals surface area contributed by atoms with Gasteiger partial charge in [0.1, 0.15) is 11.4 Å². The van der Waals surface area contributed by atoms with Crippen LogP contribution >= 0.6 is 0 Å². The Labute approximate surface area is 232 Å². The van der Waals surface area contributed by atoms with Gasteiger partial charge in [0.2, 0.25) is 17.7 Å². The first-order chi connectivity index (χ1) is 19.3. The predicted molar refractivity (Wildman–Crippen MR) is 154 cm³/mol. The maximum atomic E-state index is 13.5. The van der Waals surface area contributed by atoms with Crippen LogP contribution in [0.1, 0.15) is 19.4 Å². The molecule has 0 aliphatic carbocycles. The third-order valence-electron chi connectivity index (χ3n) is 6.87. The number of carbonyl (C=O) groups is 2. The summed E-state index contributed by atoms with van der Waals surface area (Å²) in [6.07, 6.45) is -0.00822. The van der Waals surface area contributed by atoms with Crippen molar-refractivity contribution in [2.24, 2.45) is 5.92 Å². The van der Waals surface area contributed by atoms with Crippen molar-refractivity contribution in [2.75, 3.05) is 13.1 Å². The van der Waals surface area contributed by atoms with Crippen LogP contribution in [0.5, 0.6) is 0 Å². The molecule has 9 heteroatoms. The maximum Gasteiger partial charge on any atom is 0.264 e. The van der Waals surface area contributed by atoms with Crippen LogP contribution in [-0.4, -0.2) is 43.2 Å². The van der Waals surface area contributed by atoms with E-state index >= 15 is 0 Å². The van der Waals surface area contributed by atoms with Crippen LogP contribution in [0.4, 0.5) is 0 Å². The lowest BCUT2D eigenvalue weighted by Crippen LogP contribution is -2.46. The minimum Gasteiger partial charge on any atom is -0.436 e. The zero-order valence-electron chi connectivity index (χ0n) is 22.2. The number of hydrogen-bond acceptors (Lipinski definition) is 6. The molecule has 1 aromatic heterocycles. The topological polar surface area (TPSA) is 110 Å². The van der Waals surface area contributed by atoms with E-state index in [0.717, 1.165) is 16.3 Å². The van der Waals surface area contributed by atoms with E-state index < -0.39 is 27.8 Å². The molecule has 0 bridgehead atoms. The van der Waals surface area contributed by atoms with Gasteiger partial charge in [-0.05, 0) is 73.0 Å². The van der Waals surface area contributed by atoms with Crippen LogP contribution in [-0.2, 0) is 26.0 Å². The highest BCUT2D eigenvalue weighted by Crippen LogP contribution is 2.26. The van der Waals surface area contributed by atoms with Gasteiger partial charge in [-0.1, -0.05) is 54.6 Å². The van der Waals surface area contributed by atoms with E-state index in [9.17, 15) is 18.0 Å². The van der Waals surface area contributed by atoms with Gasteiger partial charge in [0.05, 0.1) is 4.90 Å². The summed E-state index contributed by atoms with van der Waals surface area (Å²) in [6, 6.07) is 26.7. The number of fused-ring (bicyclic) bond motifs is 2. The highest BCUT2D eigenvalue weighted by atomic mass is 32.2. The van der Waals surface area contributed by atoms with E-state index in [1.807, 2.05) is 62.4 Å². The van der Waals surface area contributed by atoms with Crippen molar-refractivity contribution in [3.05, 3.63) is 96.6 Å². The molecule has 0 spiro atoms. The lowest BCUT2D eigenvalue weighted by Gasteiger charge is -2.24. The van der Waals surface area contributed by atoms with E-state index in [-0.39, 0.29) is 11.3 Å². The van der Waals surface area contributed by atoms with Crippen molar-refractivity contribution < 1.29 is 22.4 Å². The van der Waals surface area contributed by atoms with Crippen molar-refractivity contribution in [3.8, 4) is 11.5 Å². The zero-order chi connectivity index (χ0) is 28.3. The molecule has 40 heavy (non-hydrogen) atoms. The van der Waals surface area contributed by atoms with Crippen LogP contribution in [0.3, 0.4) is 0 Å². The molecule has 0 saturated carbocycles. The van der Waals surface area contributed by atoms with Crippen LogP contribution in [0, 0.1) is 5.92 Å². The highest BCUT2D eigenvalue weighted by Gasteiger charge is 2.33. The Kier molecular flexibility index (Phi) is 7.66. The molecule has 0 saturated heterocycles. The van der Waals surface area contributed by atoms with E-state index in [1.165, 1.54) is 17.0 Å². The Bertz CT molecular complexity index is 1790. The lowest BCUT2D eigenvalue weighted by atomic mass is 9.97. The molecule has 8 nitrogen and oxygen atoms in total. The number of hydrogen-bond donors (Lipinski definition) is 1. The molecule has 0 radical (unpaired) electrons. The summed E-state index contributed by atoms with van der Waals surface area (Å²) in [5, 5.41) is 1.60. The quantitative estimate of drug-likeness (QED) is 0.251. The number of amides is 2. The van der Waals surface area contributed by atoms with Crippen LogP contribution < -0.4 is 4.72 Å². The van der Waals surface area contributed by atoms with Crippen LogP contribution in [0.2, 0.25) is 0 Å². The average molecular weight is 556 g/mol. The lowest BCUT2D eigenvalue weighted by molar-refractivity contribution is -0.141. The van der Waals surface area contributed by atoms with Gasteiger partial charge in [0, 0.05) is 18.7 Å². The van der Waals surface area contributed by atoms with Crippen LogP contribution in [0.15, 0.2) is 100 Å². The summed E-state index contributed by atoms with van der Waals surface area (Å²) in [5.74, 6) is -2.13. The molecule has 1 heterocycles. The van der Waals surface area contributed by atoms with Gasteiger partial charge >= 0.3 is 0 Å². The minimum atomic E-state index is -4.22. The van der Waals surface area contributed by atoms with Gasteiger partial charge in [0.15, 0.2) is 5.58 Å². The fourth-order valence-electron chi connectivity index (χ4n) is 4.68. The van der Waals surface area contributed by atoms with Gasteiger partial charge in [-0.15, -0.1) is 0 Å². The van der Waals surface area contributed by atoms with Crippen molar-refractivity contribution >= 4 is 43.7 Å². The number of rotatable bonds is 9. The van der Waals surface area contributed by atoms with E-state index in [0.29, 0.717) is 35.6 Å². The zero-order valence-corrected chi connectivity index (χ0v) is 23.0. The molecular formula is C31H29N3O5S. The third-order valence-corrected chi connectivity index (χ3v) is 8.21. The summed E-state index contributed by atoms with van der Waals surface area (Å²) in [5.41, 5.74) is 2.62. The molecule has 2 amide bonds. The number of nitrogens with zero attached hydrogens (tertiary/aromatic N) is 2. The van der Waals surface area contributed by atoms with Crippen LogP contribution in [0.25, 0.3) is 33.3 Å². The summed E-state index contributed by atoms with van der Waals surface area (Å²) in [7, 11) is -4.22. The fourth-order valence-corrected chi connectivity index (χ4v) is 5.74. The first kappa shape index (κ1) is 27.1. The monoisotopic (exact) mass is 555 g/mol. The standard InChI is InChI=1S/C31H29N3O5S/c1-3-34(4-2)31(36)26(29(35)33-40(37,38)25-16-15-22-10-8-9-13-24(22)20-25)18-21-14-17-27-28(19-21)39-30(32-27)23-11-6-5-7-12-23/h5-17,19-20,26H,3-4,18H2,1-2H3,(H,33,35). The van der Waals surface area contributed by atoms with Gasteiger partial charge in [-0.2, -0.15) is 0 Å². The second kappa shape index (κ2) is 11.3. The summed E-state index contributed by atoms with van der Waals surface area (Å²) < 4.78 is 34.5.